The molecule has 1 fully saturated rings. The topological polar surface area (TPSA) is 116 Å². The van der Waals surface area contributed by atoms with Gasteiger partial charge in [-0.25, -0.2) is 14.4 Å². The number of carbonyl (C=O) groups is 2. The summed E-state index contributed by atoms with van der Waals surface area (Å²) >= 11 is 7.18. The maximum atomic E-state index is 14.4. The summed E-state index contributed by atoms with van der Waals surface area (Å²) < 4.78 is 53.4. The van der Waals surface area contributed by atoms with Crippen molar-refractivity contribution in [2.45, 2.75) is 18.7 Å². The van der Waals surface area contributed by atoms with Gasteiger partial charge < -0.3 is 15.1 Å². The number of carboxylic acids is 1. The number of hydrogen-bond acceptors (Lipinski definition) is 7. The fraction of sp³-hybridized carbons (Fsp3) is 0.273. The number of piperidine rings is 1. The van der Waals surface area contributed by atoms with Crippen LogP contribution in [-0.4, -0.2) is 51.3 Å². The highest BCUT2D eigenvalue weighted by molar-refractivity contribution is 7.14. The molecule has 0 bridgehead atoms. The summed E-state index contributed by atoms with van der Waals surface area (Å²) in [5.74, 6) is -4.04. The van der Waals surface area contributed by atoms with Crippen molar-refractivity contribution in [1.29, 1.82) is 0 Å². The van der Waals surface area contributed by atoms with E-state index in [-0.39, 0.29) is 45.8 Å². The number of aromatic nitrogens is 2. The molecule has 8 nitrogen and oxygen atoms in total. The normalized spacial score (nSPS) is 18.2. The lowest BCUT2D eigenvalue weighted by atomic mass is 9.95. The Morgan fingerprint density at radius 2 is 2.03 bits per heavy atom. The van der Waals surface area contributed by atoms with Crippen molar-refractivity contribution >= 4 is 45.8 Å². The summed E-state index contributed by atoms with van der Waals surface area (Å²) in [6.07, 6.45) is -4.43. The summed E-state index contributed by atoms with van der Waals surface area (Å²) in [5.41, 5.74) is -1.82. The van der Waals surface area contributed by atoms with Gasteiger partial charge in [-0.3, -0.25) is 14.9 Å². The number of carboxylic acid groups (broad SMARTS) is 1. The van der Waals surface area contributed by atoms with Gasteiger partial charge in [0, 0.05) is 30.2 Å². The van der Waals surface area contributed by atoms with Crippen LogP contribution in [0.1, 0.15) is 22.3 Å². The molecule has 1 aromatic carbocycles. The maximum absolute atomic E-state index is 14.4. The van der Waals surface area contributed by atoms with Gasteiger partial charge in [0.1, 0.15) is 17.6 Å². The highest BCUT2D eigenvalue weighted by Crippen LogP contribution is 2.36. The molecule has 0 radical (unpaired) electrons. The summed E-state index contributed by atoms with van der Waals surface area (Å²) in [6.45, 7) is 0.306. The van der Waals surface area contributed by atoms with Gasteiger partial charge in [-0.2, -0.15) is 13.2 Å². The van der Waals surface area contributed by atoms with E-state index in [0.29, 0.717) is 12.6 Å². The van der Waals surface area contributed by atoms with Crippen molar-refractivity contribution in [3.8, 4) is 11.3 Å². The molecular formula is C22H17ClF4N4O4S. The Kier molecular flexibility index (Phi) is 7.16. The first-order valence-corrected chi connectivity index (χ1v) is 11.7. The lowest BCUT2D eigenvalue weighted by molar-refractivity contribution is -0.146. The van der Waals surface area contributed by atoms with Gasteiger partial charge in [-0.05, 0) is 24.6 Å². The van der Waals surface area contributed by atoms with Crippen LogP contribution in [-0.2, 0) is 11.0 Å². The van der Waals surface area contributed by atoms with Gasteiger partial charge in [-0.15, -0.1) is 11.3 Å². The van der Waals surface area contributed by atoms with Crippen LogP contribution >= 0.6 is 22.9 Å². The molecule has 0 unspecified atom stereocenters. The minimum Gasteiger partial charge on any atom is -0.481 e. The van der Waals surface area contributed by atoms with Crippen LogP contribution < -0.4 is 10.2 Å². The molecule has 14 heteroatoms. The summed E-state index contributed by atoms with van der Waals surface area (Å²) in [5, 5.41) is 23.0. The molecule has 3 aromatic rings. The second kappa shape index (κ2) is 9.99. The summed E-state index contributed by atoms with van der Waals surface area (Å²) in [6, 6.07) is 4.17. The number of aliphatic hydroxyl groups excluding tert-OH is 1. The lowest BCUT2D eigenvalue weighted by Crippen LogP contribution is -2.47. The van der Waals surface area contributed by atoms with E-state index in [2.05, 4.69) is 15.3 Å². The van der Waals surface area contributed by atoms with E-state index in [1.165, 1.54) is 17.6 Å². The lowest BCUT2D eigenvalue weighted by Gasteiger charge is -2.35. The molecule has 3 N–H and O–H groups in total. The number of amides is 1. The highest BCUT2D eigenvalue weighted by Gasteiger charge is 2.36. The van der Waals surface area contributed by atoms with E-state index >= 15 is 0 Å². The Balaban J connectivity index is 1.49. The molecule has 0 aliphatic carbocycles. The number of benzene rings is 1. The van der Waals surface area contributed by atoms with Crippen LogP contribution in [0.15, 0.2) is 35.8 Å². The zero-order chi connectivity index (χ0) is 26.2. The van der Waals surface area contributed by atoms with Crippen LogP contribution in [0.3, 0.4) is 0 Å². The van der Waals surface area contributed by atoms with Crippen molar-refractivity contribution in [2.75, 3.05) is 23.3 Å². The highest BCUT2D eigenvalue weighted by atomic mass is 35.5. The average Bonchev–Trinajstić information content (AvgIpc) is 3.26. The van der Waals surface area contributed by atoms with Gasteiger partial charge >= 0.3 is 12.1 Å². The number of alkyl halides is 3. The summed E-state index contributed by atoms with van der Waals surface area (Å²) in [7, 11) is 0. The first-order valence-electron chi connectivity index (χ1n) is 10.4. The van der Waals surface area contributed by atoms with Gasteiger partial charge in [-0.1, -0.05) is 17.7 Å². The van der Waals surface area contributed by atoms with Crippen LogP contribution in [0.2, 0.25) is 5.02 Å². The van der Waals surface area contributed by atoms with Crippen LogP contribution in [0, 0.1) is 11.7 Å². The Labute approximate surface area is 210 Å². The number of halogens is 5. The molecule has 2 atom stereocenters. The number of thiazole rings is 1. The van der Waals surface area contributed by atoms with Crippen LogP contribution in [0.4, 0.5) is 28.5 Å². The Hall–Kier alpha value is -3.29. The number of nitrogens with one attached hydrogen (secondary N) is 1. The molecular weight excluding hydrogens is 528 g/mol. The number of anilines is 2. The third-order valence-electron chi connectivity index (χ3n) is 5.58. The fourth-order valence-electron chi connectivity index (χ4n) is 3.74. The molecule has 3 heterocycles. The quantitative estimate of drug-likeness (QED) is 0.404. The SMILES string of the molecule is O=C(Nc1nc(-c2cccc(C(F)(F)F)c2F)cs1)c1cnc(N2CC[C@H](O)[C@H](C(=O)O)C2)c(Cl)c1. The van der Waals surface area contributed by atoms with E-state index in [1.54, 1.807) is 4.90 Å². The van der Waals surface area contributed by atoms with Gasteiger partial charge in [0.25, 0.3) is 5.91 Å². The van der Waals surface area contributed by atoms with Crippen molar-refractivity contribution in [1.82, 2.24) is 9.97 Å². The Bertz CT molecular complexity index is 1320. The van der Waals surface area contributed by atoms with Crippen molar-refractivity contribution in [3.63, 3.8) is 0 Å². The van der Waals surface area contributed by atoms with E-state index in [4.69, 9.17) is 11.6 Å². The Morgan fingerprint density at radius 3 is 2.69 bits per heavy atom. The average molecular weight is 545 g/mol. The zero-order valence-corrected chi connectivity index (χ0v) is 19.7. The van der Waals surface area contributed by atoms with Crippen LogP contribution in [0.25, 0.3) is 11.3 Å². The summed E-state index contributed by atoms with van der Waals surface area (Å²) in [4.78, 5) is 33.8. The van der Waals surface area contributed by atoms with Gasteiger partial charge in [0.2, 0.25) is 0 Å². The first-order chi connectivity index (χ1) is 17.0. The third kappa shape index (κ3) is 5.27. The fourth-order valence-corrected chi connectivity index (χ4v) is 4.73. The molecule has 4 rings (SSSR count). The predicted octanol–water partition coefficient (Wildman–Crippen LogP) is 4.54. The molecule has 36 heavy (non-hydrogen) atoms. The number of aliphatic hydroxyl groups is 1. The number of pyridine rings is 1. The molecule has 190 valence electrons. The van der Waals surface area contributed by atoms with E-state index in [9.17, 15) is 37.4 Å². The number of rotatable bonds is 5. The number of nitrogens with zero attached hydrogens (tertiary/aromatic N) is 3. The standard InChI is InChI=1S/C22H17ClF4N4O4S/c23-14-6-10(7-28-18(14)31-5-4-16(32)12(8-31)20(34)35)19(33)30-21-29-15(9-36-21)11-2-1-3-13(17(11)24)22(25,26)27/h1-3,6-7,9,12,16,32H,4-5,8H2,(H,34,35)(H,29,30,33)/t12-,16+/m1/s1. The molecule has 1 aliphatic heterocycles. The van der Waals surface area contributed by atoms with Crippen molar-refractivity contribution in [3.05, 3.63) is 57.8 Å². The zero-order valence-electron chi connectivity index (χ0n) is 18.1. The monoisotopic (exact) mass is 544 g/mol. The van der Waals surface area contributed by atoms with E-state index < -0.39 is 41.5 Å². The molecule has 1 saturated heterocycles. The molecule has 1 amide bonds. The number of hydrogen-bond donors (Lipinski definition) is 3. The third-order valence-corrected chi connectivity index (χ3v) is 6.62. The number of carbonyl (C=O) groups excluding carboxylic acids is 1. The van der Waals surface area contributed by atoms with Crippen molar-refractivity contribution < 1.29 is 37.4 Å². The second-order valence-electron chi connectivity index (χ2n) is 7.93. The van der Waals surface area contributed by atoms with Crippen LogP contribution in [0.5, 0.6) is 0 Å². The second-order valence-corrected chi connectivity index (χ2v) is 9.20. The Morgan fingerprint density at radius 1 is 1.28 bits per heavy atom. The van der Waals surface area contributed by atoms with Crippen molar-refractivity contribution in [2.24, 2.45) is 5.92 Å². The van der Waals surface area contributed by atoms with Gasteiger partial charge in [0.05, 0.1) is 27.9 Å². The minimum absolute atomic E-state index is 0.0112. The molecule has 0 saturated carbocycles. The molecule has 2 aromatic heterocycles. The van der Waals surface area contributed by atoms with E-state index in [1.807, 2.05) is 0 Å². The largest absolute Gasteiger partial charge is 0.481 e. The molecule has 1 aliphatic rings. The minimum atomic E-state index is -4.87. The maximum Gasteiger partial charge on any atom is 0.419 e. The predicted molar refractivity (Wildman–Crippen MR) is 124 cm³/mol. The number of aliphatic carboxylic acids is 1. The van der Waals surface area contributed by atoms with E-state index in [0.717, 1.165) is 23.5 Å². The molecule has 0 spiro atoms. The first kappa shape index (κ1) is 25.8. The van der Waals surface area contributed by atoms with Gasteiger partial charge in [0.15, 0.2) is 5.13 Å². The smallest absolute Gasteiger partial charge is 0.419 e.